The molecule has 0 radical (unpaired) electrons. The summed E-state index contributed by atoms with van der Waals surface area (Å²) in [6, 6.07) is 0. The Morgan fingerprint density at radius 1 is 1.67 bits per heavy atom. The molecule has 4 heteroatoms. The van der Waals surface area contributed by atoms with Gasteiger partial charge in [-0.05, 0) is 6.72 Å². The Morgan fingerprint density at radius 3 is 2.50 bits per heavy atom. The third-order valence-electron chi connectivity index (χ3n) is 0.670. The van der Waals surface area contributed by atoms with Crippen LogP contribution in [-0.4, -0.2) is 28.3 Å². The van der Waals surface area contributed by atoms with Gasteiger partial charge in [-0.2, -0.15) is 0 Å². The highest BCUT2D eigenvalue weighted by Gasteiger charge is 1.82. The molecule has 0 rings (SSSR count). The fourth-order valence-corrected chi connectivity index (χ4v) is 0.270. The molecule has 0 atom stereocenters. The van der Waals surface area contributed by atoms with Crippen molar-refractivity contribution in [2.75, 3.05) is 0 Å². The fraction of sp³-hybridized carbons (Fsp3) is 0.500. The molecule has 30 valence electrons. The Morgan fingerprint density at radius 2 is 2.33 bits per heavy atom. The molecule has 0 heterocycles. The summed E-state index contributed by atoms with van der Waals surface area (Å²) in [6.45, 7) is 5.49. The van der Waals surface area contributed by atoms with Crippen LogP contribution in [0.1, 0.15) is 0 Å². The molecule has 0 aliphatic carbocycles. The molecule has 6 heavy (non-hydrogen) atoms. The maximum absolute atomic E-state index is 3.68. The Bertz CT molecular complexity index is 37.8. The fourth-order valence-electron chi connectivity index (χ4n) is 0.270. The van der Waals surface area contributed by atoms with Gasteiger partial charge in [0.15, 0.2) is 0 Å². The zero-order chi connectivity index (χ0) is 4.83. The average molecular weight is 78.5 g/mol. The third kappa shape index (κ3) is 3.86. The summed E-state index contributed by atoms with van der Waals surface area (Å²) >= 11 is 0. The Labute approximate surface area is 40.9 Å². The first-order valence-corrected chi connectivity index (χ1v) is 2.34. The first-order valence-electron chi connectivity index (χ1n) is 2.34. The van der Waals surface area contributed by atoms with Crippen LogP contribution in [0.3, 0.4) is 0 Å². The van der Waals surface area contributed by atoms with Crippen LogP contribution >= 0.6 is 0 Å². The second kappa shape index (κ2) is 4.86. The molecule has 0 aromatic carbocycles. The van der Waals surface area contributed by atoms with Gasteiger partial charge in [-0.15, -0.1) is 0 Å². The molecule has 0 saturated carbocycles. The highest BCUT2D eigenvalue weighted by Crippen LogP contribution is 1.53. The van der Waals surface area contributed by atoms with Crippen molar-refractivity contribution < 1.29 is 0 Å². The zero-order valence-electron chi connectivity index (χ0n) is 4.28. The average Bonchev–Trinajstić information content (AvgIpc) is 1.61. The Hall–Kier alpha value is -0.135. The quantitative estimate of drug-likeness (QED) is 0.228. The standard InChI is InChI=1S/C2H8B3N/c1-3-4-5-6-2/h3-5H,2H2,1H3. The van der Waals surface area contributed by atoms with E-state index in [0.29, 0.717) is 0 Å². The first-order chi connectivity index (χ1) is 2.91. The van der Waals surface area contributed by atoms with Crippen LogP contribution in [-0.2, 0) is 0 Å². The van der Waals surface area contributed by atoms with Crippen molar-refractivity contribution in [2.24, 2.45) is 4.90 Å². The van der Waals surface area contributed by atoms with E-state index in [1.54, 1.807) is 0 Å². The minimum atomic E-state index is 0.927. The van der Waals surface area contributed by atoms with Crippen LogP contribution in [0.2, 0.25) is 6.82 Å². The van der Waals surface area contributed by atoms with E-state index in [2.05, 4.69) is 18.4 Å². The van der Waals surface area contributed by atoms with E-state index in [4.69, 9.17) is 0 Å². The molecule has 0 aliphatic heterocycles. The summed E-state index contributed by atoms with van der Waals surface area (Å²) < 4.78 is 0. The summed E-state index contributed by atoms with van der Waals surface area (Å²) in [7, 11) is 3.33. The van der Waals surface area contributed by atoms with E-state index in [-0.39, 0.29) is 0 Å². The lowest BCUT2D eigenvalue weighted by Gasteiger charge is -1.73. The number of hydrogen-bond acceptors (Lipinski definition) is 1. The number of rotatable bonds is 3. The minimum absolute atomic E-state index is 0.927. The first kappa shape index (κ1) is 5.86. The Balaban J connectivity index is 2.49. The molecule has 0 aromatic rings. The van der Waals surface area contributed by atoms with Crippen LogP contribution < -0.4 is 0 Å². The minimum Gasteiger partial charge on any atom is -0.372 e. The summed E-state index contributed by atoms with van der Waals surface area (Å²) in [5, 5.41) is 0. The Kier molecular flexibility index (Phi) is 4.76. The third-order valence-corrected chi connectivity index (χ3v) is 0.670. The SMILES string of the molecule is C=NBBBC. The van der Waals surface area contributed by atoms with Gasteiger partial charge in [0, 0.05) is 0 Å². The molecule has 1 nitrogen and oxygen atoms in total. The van der Waals surface area contributed by atoms with E-state index in [1.165, 1.54) is 14.2 Å². The van der Waals surface area contributed by atoms with Crippen molar-refractivity contribution >= 4 is 28.3 Å². The van der Waals surface area contributed by atoms with Gasteiger partial charge in [0.2, 0.25) is 7.31 Å². The second-order valence-corrected chi connectivity index (χ2v) is 1.30. The number of hydrogen-bond donors (Lipinski definition) is 0. The van der Waals surface area contributed by atoms with Crippen molar-refractivity contribution in [1.82, 2.24) is 0 Å². The molecule has 0 spiro atoms. The normalized spacial score (nSPS) is 6.17. The lowest BCUT2D eigenvalue weighted by atomic mass is 9.24. The molecule has 0 unspecified atom stereocenters. The van der Waals surface area contributed by atoms with Gasteiger partial charge in [-0.1, -0.05) is 6.82 Å². The van der Waals surface area contributed by atoms with E-state index in [1.807, 2.05) is 0 Å². The van der Waals surface area contributed by atoms with Crippen molar-refractivity contribution in [3.8, 4) is 0 Å². The summed E-state index contributed by atoms with van der Waals surface area (Å²) in [5.41, 5.74) is 0. The van der Waals surface area contributed by atoms with Crippen LogP contribution in [0.15, 0.2) is 4.90 Å². The van der Waals surface area contributed by atoms with Crippen molar-refractivity contribution in [3.63, 3.8) is 0 Å². The summed E-state index contributed by atoms with van der Waals surface area (Å²) in [4.78, 5) is 3.68. The predicted octanol–water partition coefficient (Wildman–Crippen LogP) is -1.21. The molecule has 0 saturated heterocycles. The van der Waals surface area contributed by atoms with E-state index < -0.39 is 0 Å². The van der Waals surface area contributed by atoms with Gasteiger partial charge in [0.25, 0.3) is 0 Å². The van der Waals surface area contributed by atoms with Crippen molar-refractivity contribution in [2.45, 2.75) is 6.82 Å². The largest absolute Gasteiger partial charge is 0.372 e. The molecular weight excluding hydrogens is 70.5 g/mol. The lowest BCUT2D eigenvalue weighted by molar-refractivity contribution is 1.98. The van der Waals surface area contributed by atoms with Gasteiger partial charge in [0.1, 0.15) is 0 Å². The maximum atomic E-state index is 3.68. The van der Waals surface area contributed by atoms with Crippen molar-refractivity contribution in [3.05, 3.63) is 0 Å². The van der Waals surface area contributed by atoms with E-state index in [0.717, 1.165) is 7.31 Å². The predicted molar refractivity (Wildman–Crippen MR) is 36.9 cm³/mol. The van der Waals surface area contributed by atoms with Crippen LogP contribution in [0.5, 0.6) is 0 Å². The highest BCUT2D eigenvalue weighted by atomic mass is 14.5. The lowest BCUT2D eigenvalue weighted by Crippen LogP contribution is -2.05. The molecule has 0 bridgehead atoms. The second-order valence-electron chi connectivity index (χ2n) is 1.30. The molecular formula is C2H8B3N. The van der Waals surface area contributed by atoms with Crippen LogP contribution in [0.4, 0.5) is 0 Å². The smallest absolute Gasteiger partial charge is 0.213 e. The summed E-state index contributed by atoms with van der Waals surface area (Å²) in [5.74, 6) is 0. The van der Waals surface area contributed by atoms with Gasteiger partial charge in [0.05, 0.1) is 14.2 Å². The van der Waals surface area contributed by atoms with Gasteiger partial charge in [-0.3, -0.25) is 0 Å². The molecule has 0 fully saturated rings. The van der Waals surface area contributed by atoms with E-state index in [9.17, 15) is 0 Å². The molecule has 0 amide bonds. The molecule has 0 aromatic heterocycles. The molecule has 0 N–H and O–H groups in total. The summed E-state index contributed by atoms with van der Waals surface area (Å²) in [6.07, 6.45) is 0. The monoisotopic (exact) mass is 79.1 g/mol. The topological polar surface area (TPSA) is 12.4 Å². The zero-order valence-corrected chi connectivity index (χ0v) is 4.28. The van der Waals surface area contributed by atoms with Crippen molar-refractivity contribution in [1.29, 1.82) is 0 Å². The molecule has 0 aliphatic rings. The van der Waals surface area contributed by atoms with Gasteiger partial charge >= 0.3 is 0 Å². The van der Waals surface area contributed by atoms with Crippen LogP contribution in [0.25, 0.3) is 0 Å². The highest BCUT2D eigenvalue weighted by molar-refractivity contribution is 7.28. The van der Waals surface area contributed by atoms with Gasteiger partial charge in [-0.25, -0.2) is 0 Å². The number of nitrogens with zero attached hydrogens (tertiary/aromatic N) is 1. The van der Waals surface area contributed by atoms with Crippen LogP contribution in [0, 0.1) is 0 Å². The van der Waals surface area contributed by atoms with E-state index >= 15 is 0 Å². The van der Waals surface area contributed by atoms with Gasteiger partial charge < -0.3 is 4.90 Å². The maximum Gasteiger partial charge on any atom is 0.213 e.